The molecule has 3 N–H and O–H groups in total. The summed E-state index contributed by atoms with van der Waals surface area (Å²) in [5.41, 5.74) is 0.488. The molecule has 0 saturated carbocycles. The van der Waals surface area contributed by atoms with Crippen molar-refractivity contribution in [3.05, 3.63) is 35.6 Å². The maximum Gasteiger partial charge on any atom is 0.224 e. The summed E-state index contributed by atoms with van der Waals surface area (Å²) in [7, 11) is 3.34. The lowest BCUT2D eigenvalue weighted by atomic mass is 10.1. The maximum absolute atomic E-state index is 12.8. The van der Waals surface area contributed by atoms with Gasteiger partial charge in [0.2, 0.25) is 5.91 Å². The van der Waals surface area contributed by atoms with Crippen molar-refractivity contribution < 1.29 is 13.9 Å². The first kappa shape index (κ1) is 23.6. The average molecular weight is 466 g/mol. The number of methoxy groups -OCH3 is 1. The predicted octanol–water partition coefficient (Wildman–Crippen LogP) is 1.69. The van der Waals surface area contributed by atoms with Gasteiger partial charge in [-0.05, 0) is 31.5 Å². The molecule has 0 bridgehead atoms. The number of hydrogen-bond acceptors (Lipinski definition) is 3. The minimum Gasteiger partial charge on any atom is -0.377 e. The van der Waals surface area contributed by atoms with Crippen molar-refractivity contribution in [3.8, 4) is 0 Å². The molecule has 0 fully saturated rings. The average Bonchev–Trinajstić information content (AvgIpc) is 2.56. The Balaban J connectivity index is 0.00000576. The maximum atomic E-state index is 12.8. The normalized spacial score (nSPS) is 11.5. The Morgan fingerprint density at radius 1 is 1.16 bits per heavy atom. The summed E-state index contributed by atoms with van der Waals surface area (Å²) in [6.45, 7) is 5.57. The van der Waals surface area contributed by atoms with E-state index in [1.165, 1.54) is 12.1 Å². The van der Waals surface area contributed by atoms with Gasteiger partial charge >= 0.3 is 0 Å². The summed E-state index contributed by atoms with van der Waals surface area (Å²) in [5.74, 6) is 0.235. The summed E-state index contributed by atoms with van der Waals surface area (Å²) in [4.78, 5) is 15.9. The molecule has 0 aliphatic carbocycles. The number of carbonyl (C=O) groups excluding carboxylic acids is 1. The summed E-state index contributed by atoms with van der Waals surface area (Å²) in [6.07, 6.45) is 0.231. The molecule has 142 valence electrons. The van der Waals surface area contributed by atoms with Crippen LogP contribution in [0.1, 0.15) is 19.4 Å². The van der Waals surface area contributed by atoms with Gasteiger partial charge in [0, 0.05) is 33.8 Å². The van der Waals surface area contributed by atoms with Crippen molar-refractivity contribution >= 4 is 35.8 Å². The second kappa shape index (κ2) is 12.0. The van der Waals surface area contributed by atoms with Crippen LogP contribution in [0.2, 0.25) is 0 Å². The van der Waals surface area contributed by atoms with Crippen LogP contribution < -0.4 is 16.0 Å². The molecule has 0 atom stereocenters. The Bertz CT molecular complexity index is 550. The van der Waals surface area contributed by atoms with Gasteiger partial charge in [-0.15, -0.1) is 24.0 Å². The number of benzene rings is 1. The molecule has 1 aromatic rings. The first-order valence-electron chi connectivity index (χ1n) is 7.87. The van der Waals surface area contributed by atoms with E-state index >= 15 is 0 Å². The van der Waals surface area contributed by atoms with E-state index in [1.54, 1.807) is 26.3 Å². The minimum absolute atomic E-state index is 0. The third-order valence-corrected chi connectivity index (χ3v) is 3.48. The van der Waals surface area contributed by atoms with Gasteiger partial charge in [-0.25, -0.2) is 4.39 Å². The van der Waals surface area contributed by atoms with Crippen molar-refractivity contribution in [1.29, 1.82) is 0 Å². The summed E-state index contributed by atoms with van der Waals surface area (Å²) in [6, 6.07) is 5.91. The standard InChI is InChI=1S/C17H27FN4O2.HI/c1-17(2,24-4)12-22-16(19-3)21-10-9-20-15(23)11-13-5-7-14(18)8-6-13;/h5-8H,9-12H2,1-4H3,(H,20,23)(H2,19,21,22);1H. The fraction of sp³-hybridized carbons (Fsp3) is 0.529. The first-order valence-corrected chi connectivity index (χ1v) is 7.87. The van der Waals surface area contributed by atoms with Crippen molar-refractivity contribution in [1.82, 2.24) is 16.0 Å². The zero-order chi connectivity index (χ0) is 18.0. The van der Waals surface area contributed by atoms with Crippen molar-refractivity contribution in [3.63, 3.8) is 0 Å². The topological polar surface area (TPSA) is 74.8 Å². The van der Waals surface area contributed by atoms with E-state index in [0.29, 0.717) is 25.6 Å². The van der Waals surface area contributed by atoms with E-state index in [1.807, 2.05) is 13.8 Å². The number of hydrogen-bond donors (Lipinski definition) is 3. The lowest BCUT2D eigenvalue weighted by Crippen LogP contribution is -2.47. The van der Waals surface area contributed by atoms with E-state index in [-0.39, 0.29) is 47.7 Å². The van der Waals surface area contributed by atoms with E-state index in [0.717, 1.165) is 5.56 Å². The molecular formula is C17H28FIN4O2. The molecule has 8 heteroatoms. The molecule has 1 aromatic carbocycles. The number of halogens is 2. The molecule has 6 nitrogen and oxygen atoms in total. The van der Waals surface area contributed by atoms with Crippen LogP contribution in [0.4, 0.5) is 4.39 Å². The zero-order valence-corrected chi connectivity index (χ0v) is 17.5. The highest BCUT2D eigenvalue weighted by molar-refractivity contribution is 14.0. The molecule has 25 heavy (non-hydrogen) atoms. The van der Waals surface area contributed by atoms with Crippen LogP contribution in [0, 0.1) is 5.82 Å². The number of ether oxygens (including phenoxy) is 1. The molecule has 0 aromatic heterocycles. The molecule has 0 spiro atoms. The highest BCUT2D eigenvalue weighted by Crippen LogP contribution is 2.04. The second-order valence-electron chi connectivity index (χ2n) is 5.97. The van der Waals surface area contributed by atoms with Gasteiger partial charge in [0.25, 0.3) is 0 Å². The third kappa shape index (κ3) is 10.2. The van der Waals surface area contributed by atoms with Gasteiger partial charge in [0.05, 0.1) is 12.0 Å². The van der Waals surface area contributed by atoms with E-state index in [4.69, 9.17) is 4.74 Å². The van der Waals surface area contributed by atoms with Crippen LogP contribution in [0.15, 0.2) is 29.3 Å². The number of aliphatic imine (C=N–C) groups is 1. The Morgan fingerprint density at radius 2 is 1.76 bits per heavy atom. The van der Waals surface area contributed by atoms with Gasteiger partial charge in [0.1, 0.15) is 5.82 Å². The number of rotatable bonds is 8. The first-order chi connectivity index (χ1) is 11.4. The summed E-state index contributed by atoms with van der Waals surface area (Å²) < 4.78 is 18.1. The molecule has 0 aliphatic heterocycles. The van der Waals surface area contributed by atoms with E-state index < -0.39 is 0 Å². The van der Waals surface area contributed by atoms with Crippen molar-refractivity contribution in [2.75, 3.05) is 33.8 Å². The van der Waals surface area contributed by atoms with Crippen LogP contribution >= 0.6 is 24.0 Å². The number of nitrogens with one attached hydrogen (secondary N) is 3. The fourth-order valence-corrected chi connectivity index (χ4v) is 1.82. The van der Waals surface area contributed by atoms with E-state index in [9.17, 15) is 9.18 Å². The summed E-state index contributed by atoms with van der Waals surface area (Å²) in [5, 5.41) is 9.08. The SMILES string of the molecule is CN=C(NCCNC(=O)Cc1ccc(F)cc1)NCC(C)(C)OC.I. The van der Waals surface area contributed by atoms with Gasteiger partial charge in [-0.2, -0.15) is 0 Å². The van der Waals surface area contributed by atoms with Gasteiger partial charge < -0.3 is 20.7 Å². The number of carbonyl (C=O) groups is 1. The lowest BCUT2D eigenvalue weighted by Gasteiger charge is -2.24. The molecule has 0 saturated heterocycles. The second-order valence-corrected chi connectivity index (χ2v) is 5.97. The molecule has 0 aliphatic rings. The molecule has 0 heterocycles. The van der Waals surface area contributed by atoms with Crippen LogP contribution in [0.25, 0.3) is 0 Å². The highest BCUT2D eigenvalue weighted by Gasteiger charge is 2.16. The quantitative estimate of drug-likeness (QED) is 0.236. The predicted molar refractivity (Wildman–Crippen MR) is 109 cm³/mol. The van der Waals surface area contributed by atoms with Gasteiger partial charge in [0.15, 0.2) is 5.96 Å². The molecule has 1 amide bonds. The Hall–Kier alpha value is -1.42. The van der Waals surface area contributed by atoms with Crippen LogP contribution in [-0.2, 0) is 16.0 Å². The number of nitrogens with zero attached hydrogens (tertiary/aromatic N) is 1. The van der Waals surface area contributed by atoms with Crippen LogP contribution in [0.5, 0.6) is 0 Å². The Labute approximate surface area is 166 Å². The smallest absolute Gasteiger partial charge is 0.224 e. The molecule has 0 radical (unpaired) electrons. The largest absolute Gasteiger partial charge is 0.377 e. The monoisotopic (exact) mass is 466 g/mol. The summed E-state index contributed by atoms with van der Waals surface area (Å²) >= 11 is 0. The highest BCUT2D eigenvalue weighted by atomic mass is 127. The van der Waals surface area contributed by atoms with Gasteiger partial charge in [-0.1, -0.05) is 12.1 Å². The van der Waals surface area contributed by atoms with Crippen molar-refractivity contribution in [2.24, 2.45) is 4.99 Å². The number of guanidine groups is 1. The van der Waals surface area contributed by atoms with Gasteiger partial charge in [-0.3, -0.25) is 9.79 Å². The zero-order valence-electron chi connectivity index (χ0n) is 15.2. The Kier molecular flexibility index (Phi) is 11.3. The fourth-order valence-electron chi connectivity index (χ4n) is 1.82. The molecule has 1 rings (SSSR count). The van der Waals surface area contributed by atoms with Crippen LogP contribution in [0.3, 0.4) is 0 Å². The van der Waals surface area contributed by atoms with Crippen LogP contribution in [-0.4, -0.2) is 51.3 Å². The van der Waals surface area contributed by atoms with Crippen molar-refractivity contribution in [2.45, 2.75) is 25.9 Å². The lowest BCUT2D eigenvalue weighted by molar-refractivity contribution is -0.120. The third-order valence-electron chi connectivity index (χ3n) is 3.48. The molecule has 0 unspecified atom stereocenters. The number of amides is 1. The Morgan fingerprint density at radius 3 is 2.32 bits per heavy atom. The molecular weight excluding hydrogens is 438 g/mol. The van der Waals surface area contributed by atoms with E-state index in [2.05, 4.69) is 20.9 Å². The minimum atomic E-state index is -0.307.